The first-order valence-corrected chi connectivity index (χ1v) is 7.64. The summed E-state index contributed by atoms with van der Waals surface area (Å²) in [5.41, 5.74) is 0.264. The molecule has 0 radical (unpaired) electrons. The average Bonchev–Trinajstić information content (AvgIpc) is 2.35. The Kier molecular flexibility index (Phi) is 4.26. The molecular formula is C12H7Cl3NO2S-. The molecule has 0 aliphatic carbocycles. The van der Waals surface area contributed by atoms with Crippen LogP contribution in [0.15, 0.2) is 47.4 Å². The largest absolute Gasteiger partial charge is 0.573 e. The summed E-state index contributed by atoms with van der Waals surface area (Å²) in [6.07, 6.45) is 0. The van der Waals surface area contributed by atoms with Gasteiger partial charge in [-0.15, -0.1) is 5.69 Å². The minimum Gasteiger partial charge on any atom is -0.573 e. The van der Waals surface area contributed by atoms with Gasteiger partial charge in [0.05, 0.1) is 9.92 Å². The molecule has 2 aromatic carbocycles. The van der Waals surface area contributed by atoms with E-state index >= 15 is 0 Å². The van der Waals surface area contributed by atoms with Crippen LogP contribution in [-0.2, 0) is 10.0 Å². The van der Waals surface area contributed by atoms with E-state index in [0.29, 0.717) is 5.02 Å². The van der Waals surface area contributed by atoms with Gasteiger partial charge in [-0.2, -0.15) is 0 Å². The molecule has 2 aromatic rings. The highest BCUT2D eigenvalue weighted by Crippen LogP contribution is 2.33. The molecule has 2 rings (SSSR count). The zero-order chi connectivity index (χ0) is 14.0. The van der Waals surface area contributed by atoms with E-state index in [9.17, 15) is 8.42 Å². The lowest BCUT2D eigenvalue weighted by Gasteiger charge is -2.22. The van der Waals surface area contributed by atoms with Crippen molar-refractivity contribution in [3.8, 4) is 0 Å². The molecular weight excluding hydrogens is 329 g/mol. The topological polar surface area (TPSA) is 48.2 Å². The number of hydrogen-bond donors (Lipinski definition) is 0. The second-order valence-electron chi connectivity index (χ2n) is 3.62. The van der Waals surface area contributed by atoms with Crippen LogP contribution in [0.2, 0.25) is 15.1 Å². The molecule has 0 aliphatic heterocycles. The normalized spacial score (nSPS) is 11.3. The van der Waals surface area contributed by atoms with Crippen molar-refractivity contribution in [2.45, 2.75) is 4.90 Å². The van der Waals surface area contributed by atoms with Crippen LogP contribution < -0.4 is 0 Å². The van der Waals surface area contributed by atoms with Crippen molar-refractivity contribution in [2.24, 2.45) is 0 Å². The lowest BCUT2D eigenvalue weighted by atomic mass is 10.3. The van der Waals surface area contributed by atoms with Gasteiger partial charge in [-0.25, -0.2) is 8.42 Å². The first-order valence-electron chi connectivity index (χ1n) is 5.07. The summed E-state index contributed by atoms with van der Waals surface area (Å²) in [6, 6.07) is 10.3. The SMILES string of the molecule is O=S(=O)([N-]c1ccc(Cl)cc1)c1cc(Cl)ccc1Cl. The fourth-order valence-corrected chi connectivity index (χ4v) is 3.23. The van der Waals surface area contributed by atoms with Crippen molar-refractivity contribution in [2.75, 3.05) is 0 Å². The molecule has 0 saturated heterocycles. The second-order valence-corrected chi connectivity index (χ2v) is 6.47. The summed E-state index contributed by atoms with van der Waals surface area (Å²) < 4.78 is 27.9. The minimum atomic E-state index is -3.91. The Labute approximate surface area is 126 Å². The van der Waals surface area contributed by atoms with E-state index < -0.39 is 10.0 Å². The number of sulfonamides is 1. The molecule has 3 nitrogen and oxygen atoms in total. The Morgan fingerprint density at radius 1 is 0.842 bits per heavy atom. The maximum atomic E-state index is 12.1. The first-order chi connectivity index (χ1) is 8.88. The molecule has 0 unspecified atom stereocenters. The lowest BCUT2D eigenvalue weighted by Crippen LogP contribution is -1.98. The molecule has 0 spiro atoms. The Morgan fingerprint density at radius 3 is 2.05 bits per heavy atom. The monoisotopic (exact) mass is 334 g/mol. The van der Waals surface area contributed by atoms with Crippen molar-refractivity contribution in [3.63, 3.8) is 0 Å². The quantitative estimate of drug-likeness (QED) is 0.788. The fraction of sp³-hybridized carbons (Fsp3) is 0. The van der Waals surface area contributed by atoms with E-state index in [4.69, 9.17) is 34.8 Å². The third-order valence-electron chi connectivity index (χ3n) is 2.22. The molecule has 0 bridgehead atoms. The zero-order valence-corrected chi connectivity index (χ0v) is 12.4. The molecule has 100 valence electrons. The summed E-state index contributed by atoms with van der Waals surface area (Å²) in [5.74, 6) is 0. The van der Waals surface area contributed by atoms with E-state index in [1.165, 1.54) is 30.3 Å². The second kappa shape index (κ2) is 5.59. The molecule has 0 aliphatic rings. The van der Waals surface area contributed by atoms with Crippen LogP contribution in [0.1, 0.15) is 0 Å². The van der Waals surface area contributed by atoms with Gasteiger partial charge in [-0.3, -0.25) is 0 Å². The summed E-state index contributed by atoms with van der Waals surface area (Å²) in [7, 11) is -3.91. The van der Waals surface area contributed by atoms with Crippen molar-refractivity contribution in [3.05, 3.63) is 62.3 Å². The van der Waals surface area contributed by atoms with Crippen LogP contribution in [0, 0.1) is 0 Å². The van der Waals surface area contributed by atoms with E-state index in [1.54, 1.807) is 12.1 Å². The number of hydrogen-bond acceptors (Lipinski definition) is 2. The van der Waals surface area contributed by atoms with Gasteiger partial charge >= 0.3 is 0 Å². The molecule has 7 heteroatoms. The predicted octanol–water partition coefficient (Wildman–Crippen LogP) is 5.04. The van der Waals surface area contributed by atoms with Crippen molar-refractivity contribution in [1.29, 1.82) is 0 Å². The van der Waals surface area contributed by atoms with Gasteiger partial charge in [0.1, 0.15) is 10.0 Å². The fourth-order valence-electron chi connectivity index (χ4n) is 1.36. The number of nitrogens with zero attached hydrogens (tertiary/aromatic N) is 1. The Hall–Kier alpha value is -0.940. The van der Waals surface area contributed by atoms with Crippen LogP contribution in [0.3, 0.4) is 0 Å². The smallest absolute Gasteiger partial charge is 0.124 e. The standard InChI is InChI=1S/C12H7Cl3NO2S/c13-8-1-4-10(5-2-8)16-19(17,18)12-7-9(14)3-6-11(12)15/h1-7H/q-1. The van der Waals surface area contributed by atoms with Crippen LogP contribution in [0.4, 0.5) is 5.69 Å². The number of benzene rings is 2. The molecule has 0 fully saturated rings. The van der Waals surface area contributed by atoms with Crippen molar-refractivity contribution >= 4 is 50.5 Å². The highest BCUT2D eigenvalue weighted by Gasteiger charge is 2.10. The highest BCUT2D eigenvalue weighted by atomic mass is 35.5. The molecule has 0 saturated carbocycles. The molecule has 0 atom stereocenters. The Balaban J connectivity index is 2.37. The number of rotatable bonds is 3. The van der Waals surface area contributed by atoms with Crippen molar-refractivity contribution < 1.29 is 8.42 Å². The molecule has 0 aromatic heterocycles. The van der Waals surface area contributed by atoms with Gasteiger partial charge in [-0.05, 0) is 30.3 Å². The summed E-state index contributed by atoms with van der Waals surface area (Å²) in [5, 5.41) is 0.841. The van der Waals surface area contributed by atoms with Crippen LogP contribution in [0.25, 0.3) is 4.72 Å². The molecule has 19 heavy (non-hydrogen) atoms. The number of halogens is 3. The Bertz CT molecular complexity index is 699. The predicted molar refractivity (Wildman–Crippen MR) is 78.1 cm³/mol. The maximum absolute atomic E-state index is 12.1. The maximum Gasteiger partial charge on any atom is 0.124 e. The average molecular weight is 336 g/mol. The zero-order valence-electron chi connectivity index (χ0n) is 9.35. The Morgan fingerprint density at radius 2 is 1.42 bits per heavy atom. The third-order valence-corrected chi connectivity index (χ3v) is 4.50. The molecule has 0 N–H and O–H groups in total. The first kappa shape index (κ1) is 14.5. The van der Waals surface area contributed by atoms with Gasteiger partial charge < -0.3 is 4.72 Å². The molecule has 0 heterocycles. The summed E-state index contributed by atoms with van der Waals surface area (Å²) in [6.45, 7) is 0. The van der Waals surface area contributed by atoms with E-state index in [2.05, 4.69) is 4.72 Å². The van der Waals surface area contributed by atoms with Crippen molar-refractivity contribution in [1.82, 2.24) is 0 Å². The van der Waals surface area contributed by atoms with E-state index in [-0.39, 0.29) is 20.6 Å². The van der Waals surface area contributed by atoms with Gasteiger partial charge in [0.15, 0.2) is 0 Å². The van der Waals surface area contributed by atoms with Gasteiger partial charge in [0, 0.05) is 10.0 Å². The van der Waals surface area contributed by atoms with E-state index in [1.807, 2.05) is 0 Å². The van der Waals surface area contributed by atoms with Gasteiger partial charge in [-0.1, -0.05) is 46.9 Å². The minimum absolute atomic E-state index is 0.0714. The summed E-state index contributed by atoms with van der Waals surface area (Å²) in [4.78, 5) is -0.128. The van der Waals surface area contributed by atoms with E-state index in [0.717, 1.165) is 0 Å². The van der Waals surface area contributed by atoms with Crippen LogP contribution in [0.5, 0.6) is 0 Å². The van der Waals surface area contributed by atoms with Crippen LogP contribution >= 0.6 is 34.8 Å². The lowest BCUT2D eigenvalue weighted by molar-refractivity contribution is 0.603. The molecule has 0 amide bonds. The summed E-state index contributed by atoms with van der Waals surface area (Å²) >= 11 is 17.3. The third kappa shape index (κ3) is 3.54. The van der Waals surface area contributed by atoms with Gasteiger partial charge in [0.25, 0.3) is 0 Å². The van der Waals surface area contributed by atoms with Crippen LogP contribution in [-0.4, -0.2) is 8.42 Å². The van der Waals surface area contributed by atoms with Gasteiger partial charge in [0.2, 0.25) is 0 Å². The highest BCUT2D eigenvalue weighted by molar-refractivity contribution is 7.94.